The second-order valence-corrected chi connectivity index (χ2v) is 9.86. The van der Waals surface area contributed by atoms with E-state index in [1.165, 1.54) is 28.8 Å². The third kappa shape index (κ3) is 3.52. The summed E-state index contributed by atoms with van der Waals surface area (Å²) in [4.78, 5) is 17.3. The number of H-pyrrole nitrogens is 1. The summed E-state index contributed by atoms with van der Waals surface area (Å²) < 4.78 is 42.7. The Morgan fingerprint density at radius 3 is 2.82 bits per heavy atom. The van der Waals surface area contributed by atoms with Crippen molar-refractivity contribution in [3.8, 4) is 0 Å². The number of carbonyl (C=O) groups excluding carboxylic acids is 1. The predicted octanol–water partition coefficient (Wildman–Crippen LogP) is 3.66. The average Bonchev–Trinajstić information content (AvgIpc) is 3.42. The van der Waals surface area contributed by atoms with Crippen LogP contribution in [0.5, 0.6) is 0 Å². The zero-order chi connectivity index (χ0) is 24.0. The molecule has 0 saturated heterocycles. The van der Waals surface area contributed by atoms with E-state index in [4.69, 9.17) is 0 Å². The van der Waals surface area contributed by atoms with Crippen molar-refractivity contribution in [2.24, 2.45) is 7.05 Å². The summed E-state index contributed by atoms with van der Waals surface area (Å²) in [5.74, 6) is -0.973. The van der Waals surface area contributed by atoms with Gasteiger partial charge in [0, 0.05) is 41.8 Å². The molecule has 0 radical (unpaired) electrons. The van der Waals surface area contributed by atoms with Crippen molar-refractivity contribution in [1.29, 1.82) is 0 Å². The average molecular weight is 478 g/mol. The van der Waals surface area contributed by atoms with Crippen LogP contribution in [-0.2, 0) is 23.4 Å². The van der Waals surface area contributed by atoms with Gasteiger partial charge in [-0.15, -0.1) is 0 Å². The Kier molecular flexibility index (Phi) is 5.17. The molecule has 2 aromatic carbocycles. The number of rotatable bonds is 5. The zero-order valence-corrected chi connectivity index (χ0v) is 19.1. The Bertz CT molecular complexity index is 1690. The lowest BCUT2D eigenvalue weighted by Gasteiger charge is -2.10. The molecule has 5 rings (SSSR count). The molecule has 0 aliphatic carbocycles. The van der Waals surface area contributed by atoms with Gasteiger partial charge in [0.2, 0.25) is 9.84 Å². The highest BCUT2D eigenvalue weighted by Gasteiger charge is 2.26. The zero-order valence-electron chi connectivity index (χ0n) is 18.3. The summed E-state index contributed by atoms with van der Waals surface area (Å²) in [7, 11) is -2.27. The topological polar surface area (TPSA) is 110 Å². The molecule has 0 fully saturated rings. The van der Waals surface area contributed by atoms with Crippen molar-refractivity contribution in [2.45, 2.75) is 23.3 Å². The van der Waals surface area contributed by atoms with Crippen molar-refractivity contribution in [1.82, 2.24) is 25.1 Å². The maximum absolute atomic E-state index is 14.5. The van der Waals surface area contributed by atoms with Crippen LogP contribution >= 0.6 is 0 Å². The number of nitrogens with one attached hydrogen (secondary N) is 2. The van der Waals surface area contributed by atoms with Crippen LogP contribution in [0.15, 0.2) is 70.7 Å². The highest BCUT2D eigenvalue weighted by atomic mass is 32.2. The largest absolute Gasteiger partial charge is 0.347 e. The van der Waals surface area contributed by atoms with Crippen LogP contribution in [0.25, 0.3) is 21.8 Å². The van der Waals surface area contributed by atoms with Gasteiger partial charge in [0.05, 0.1) is 27.0 Å². The lowest BCUT2D eigenvalue weighted by molar-refractivity contribution is 0.0942. The number of pyridine rings is 1. The number of halogens is 1. The molecule has 172 valence electrons. The number of nitrogens with zero attached hydrogens (tertiary/aromatic N) is 3. The molecule has 3 heterocycles. The van der Waals surface area contributed by atoms with Gasteiger partial charge in [0.1, 0.15) is 11.5 Å². The number of carbonyl (C=O) groups is 1. The summed E-state index contributed by atoms with van der Waals surface area (Å²) >= 11 is 0. The molecule has 10 heteroatoms. The van der Waals surface area contributed by atoms with Gasteiger partial charge in [0.15, 0.2) is 0 Å². The number of aromatic nitrogens is 4. The van der Waals surface area contributed by atoms with Gasteiger partial charge >= 0.3 is 0 Å². The molecule has 0 unspecified atom stereocenters. The first-order valence-electron chi connectivity index (χ1n) is 10.4. The number of fused-ring (bicyclic) bond motifs is 2. The fourth-order valence-corrected chi connectivity index (χ4v) is 5.58. The van der Waals surface area contributed by atoms with Crippen LogP contribution in [0.1, 0.15) is 21.7 Å². The Hall–Kier alpha value is -4.05. The number of aromatic amines is 1. The van der Waals surface area contributed by atoms with E-state index in [9.17, 15) is 17.6 Å². The smallest absolute Gasteiger partial charge is 0.268 e. The van der Waals surface area contributed by atoms with Gasteiger partial charge in [-0.05, 0) is 49.4 Å². The molecule has 0 spiro atoms. The summed E-state index contributed by atoms with van der Waals surface area (Å²) in [6, 6.07) is 12.4. The monoisotopic (exact) mass is 477 g/mol. The van der Waals surface area contributed by atoms with Crippen molar-refractivity contribution >= 4 is 37.6 Å². The molecule has 5 aromatic rings. The second-order valence-electron chi connectivity index (χ2n) is 7.94. The Labute approximate surface area is 194 Å². The molecule has 0 aliphatic rings. The van der Waals surface area contributed by atoms with Crippen molar-refractivity contribution in [3.05, 3.63) is 83.7 Å². The fraction of sp³-hybridized carbons (Fsp3) is 0.125. The van der Waals surface area contributed by atoms with E-state index in [2.05, 4.69) is 20.5 Å². The fourth-order valence-electron chi connectivity index (χ4n) is 4.00. The number of sulfone groups is 1. The standard InChI is InChI=1S/C24H20FN5O3S/c1-14-23(34(32,33)16-5-7-20-15(10-16)12-28-29-20)11-22(30(14)2)24(31)27-13-18-17-4-3-9-26-21(17)8-6-19(18)25/h3-12H,13H2,1-2H3,(H,27,31)(H,28,29). The number of amides is 1. The summed E-state index contributed by atoms with van der Waals surface area (Å²) in [6.07, 6.45) is 3.16. The quantitative estimate of drug-likeness (QED) is 0.402. The van der Waals surface area contributed by atoms with Gasteiger partial charge in [-0.25, -0.2) is 12.8 Å². The van der Waals surface area contributed by atoms with Crippen LogP contribution in [0, 0.1) is 12.7 Å². The minimum atomic E-state index is -3.89. The molecule has 0 atom stereocenters. The lowest BCUT2D eigenvalue weighted by Crippen LogP contribution is -2.25. The SMILES string of the molecule is Cc1c(S(=O)(=O)c2ccc3[nH]ncc3c2)cc(C(=O)NCc2c(F)ccc3ncccc23)n1C. The molecule has 1 amide bonds. The third-order valence-corrected chi connectivity index (χ3v) is 7.87. The van der Waals surface area contributed by atoms with Crippen molar-refractivity contribution in [3.63, 3.8) is 0 Å². The molecule has 2 N–H and O–H groups in total. The third-order valence-electron chi connectivity index (χ3n) is 6.00. The van der Waals surface area contributed by atoms with Crippen LogP contribution in [0.4, 0.5) is 4.39 Å². The molecular formula is C24H20FN5O3S. The van der Waals surface area contributed by atoms with E-state index < -0.39 is 21.6 Å². The Balaban J connectivity index is 1.46. The van der Waals surface area contributed by atoms with E-state index in [1.54, 1.807) is 50.6 Å². The van der Waals surface area contributed by atoms with E-state index in [1.807, 2.05) is 0 Å². The maximum Gasteiger partial charge on any atom is 0.268 e. The van der Waals surface area contributed by atoms with Gasteiger partial charge in [0.25, 0.3) is 5.91 Å². The van der Waals surface area contributed by atoms with E-state index in [-0.39, 0.29) is 22.0 Å². The van der Waals surface area contributed by atoms with Crippen LogP contribution < -0.4 is 5.32 Å². The number of benzene rings is 2. The Morgan fingerprint density at radius 2 is 2.00 bits per heavy atom. The van der Waals surface area contributed by atoms with E-state index >= 15 is 0 Å². The van der Waals surface area contributed by atoms with Gasteiger partial charge in [-0.3, -0.25) is 14.9 Å². The first-order chi connectivity index (χ1) is 16.3. The Morgan fingerprint density at radius 1 is 1.18 bits per heavy atom. The molecular weight excluding hydrogens is 457 g/mol. The summed E-state index contributed by atoms with van der Waals surface area (Å²) in [5, 5.41) is 10.7. The molecule has 8 nitrogen and oxygen atoms in total. The highest BCUT2D eigenvalue weighted by molar-refractivity contribution is 7.91. The summed E-state index contributed by atoms with van der Waals surface area (Å²) in [5.41, 5.74) is 2.22. The normalized spacial score (nSPS) is 11.9. The van der Waals surface area contributed by atoms with Crippen LogP contribution in [-0.4, -0.2) is 34.1 Å². The van der Waals surface area contributed by atoms with E-state index in [0.717, 1.165) is 5.52 Å². The molecule has 3 aromatic heterocycles. The maximum atomic E-state index is 14.5. The predicted molar refractivity (Wildman–Crippen MR) is 125 cm³/mol. The minimum Gasteiger partial charge on any atom is -0.347 e. The molecule has 0 aliphatic heterocycles. The van der Waals surface area contributed by atoms with Gasteiger partial charge in [-0.1, -0.05) is 6.07 Å². The van der Waals surface area contributed by atoms with E-state index in [0.29, 0.717) is 27.5 Å². The minimum absolute atomic E-state index is 0.0311. The lowest BCUT2D eigenvalue weighted by atomic mass is 10.1. The first kappa shape index (κ1) is 21.8. The van der Waals surface area contributed by atoms with Gasteiger partial charge in [-0.2, -0.15) is 5.10 Å². The second kappa shape index (κ2) is 8.07. The molecule has 34 heavy (non-hydrogen) atoms. The van der Waals surface area contributed by atoms with Crippen molar-refractivity contribution in [2.75, 3.05) is 0 Å². The van der Waals surface area contributed by atoms with Crippen molar-refractivity contribution < 1.29 is 17.6 Å². The van der Waals surface area contributed by atoms with Crippen LogP contribution in [0.3, 0.4) is 0 Å². The first-order valence-corrected chi connectivity index (χ1v) is 11.9. The van der Waals surface area contributed by atoms with Crippen LogP contribution in [0.2, 0.25) is 0 Å². The highest BCUT2D eigenvalue weighted by Crippen LogP contribution is 2.28. The van der Waals surface area contributed by atoms with Gasteiger partial charge < -0.3 is 9.88 Å². The molecule has 0 saturated carbocycles. The number of hydrogen-bond donors (Lipinski definition) is 2. The summed E-state index contributed by atoms with van der Waals surface area (Å²) in [6.45, 7) is 1.56. The molecule has 0 bridgehead atoms. The number of hydrogen-bond acceptors (Lipinski definition) is 5.